The highest BCUT2D eigenvalue weighted by atomic mass is 16.6. The van der Waals surface area contributed by atoms with E-state index in [9.17, 15) is 14.4 Å². The monoisotopic (exact) mass is 937 g/mol. The third-order valence-corrected chi connectivity index (χ3v) is 12.5. The van der Waals surface area contributed by atoms with E-state index in [0.29, 0.717) is 19.3 Å². The summed E-state index contributed by atoms with van der Waals surface area (Å²) in [4.78, 5) is 37.9. The van der Waals surface area contributed by atoms with Gasteiger partial charge in [-0.2, -0.15) is 0 Å². The van der Waals surface area contributed by atoms with Crippen molar-refractivity contribution in [1.82, 2.24) is 0 Å². The third-order valence-electron chi connectivity index (χ3n) is 12.5. The van der Waals surface area contributed by atoms with E-state index in [1.165, 1.54) is 167 Å². The van der Waals surface area contributed by atoms with E-state index >= 15 is 0 Å². The average Bonchev–Trinajstić information content (AvgIpc) is 3.33. The fraction of sp³-hybridized carbons (Fsp3) is 0.787. The zero-order valence-corrected chi connectivity index (χ0v) is 44.4. The molecular weight excluding hydrogens is 829 g/mol. The molecule has 0 bridgehead atoms. The summed E-state index contributed by atoms with van der Waals surface area (Å²) in [7, 11) is 0. The highest BCUT2D eigenvalue weighted by Gasteiger charge is 2.19. The van der Waals surface area contributed by atoms with Gasteiger partial charge in [0.1, 0.15) is 13.2 Å². The van der Waals surface area contributed by atoms with Gasteiger partial charge in [-0.1, -0.05) is 248 Å². The summed E-state index contributed by atoms with van der Waals surface area (Å²) in [6, 6.07) is 0. The molecule has 0 aromatic rings. The number of hydrogen-bond acceptors (Lipinski definition) is 6. The average molecular weight is 938 g/mol. The van der Waals surface area contributed by atoms with E-state index in [1.807, 2.05) is 0 Å². The highest BCUT2D eigenvalue weighted by molar-refractivity contribution is 5.71. The zero-order chi connectivity index (χ0) is 48.6. The molecule has 388 valence electrons. The van der Waals surface area contributed by atoms with E-state index in [0.717, 1.165) is 83.5 Å². The van der Waals surface area contributed by atoms with Crippen LogP contribution in [0.3, 0.4) is 0 Å². The Morgan fingerprint density at radius 3 is 0.925 bits per heavy atom. The summed E-state index contributed by atoms with van der Waals surface area (Å²) in [6.07, 6.45) is 69.5. The first-order chi connectivity index (χ1) is 33.0. The number of carbonyl (C=O) groups is 3. The summed E-state index contributed by atoms with van der Waals surface area (Å²) < 4.78 is 16.8. The van der Waals surface area contributed by atoms with Crippen LogP contribution in [-0.4, -0.2) is 37.2 Å². The van der Waals surface area contributed by atoms with E-state index in [4.69, 9.17) is 14.2 Å². The second kappa shape index (κ2) is 55.7. The highest BCUT2D eigenvalue weighted by Crippen LogP contribution is 2.16. The van der Waals surface area contributed by atoms with Crippen molar-refractivity contribution >= 4 is 17.9 Å². The first-order valence-electron chi connectivity index (χ1n) is 28.8. The predicted octanol–water partition coefficient (Wildman–Crippen LogP) is 19.2. The molecule has 0 aliphatic rings. The van der Waals surface area contributed by atoms with Crippen molar-refractivity contribution in [1.29, 1.82) is 0 Å². The van der Waals surface area contributed by atoms with E-state index in [1.54, 1.807) is 0 Å². The van der Waals surface area contributed by atoms with Gasteiger partial charge in [-0.25, -0.2) is 0 Å². The fourth-order valence-electron chi connectivity index (χ4n) is 8.19. The second-order valence-electron chi connectivity index (χ2n) is 19.2. The molecule has 6 heteroatoms. The molecular formula is C61H108O6. The molecule has 6 nitrogen and oxygen atoms in total. The van der Waals surface area contributed by atoms with Gasteiger partial charge in [-0.3, -0.25) is 14.4 Å². The maximum atomic E-state index is 12.8. The maximum absolute atomic E-state index is 12.8. The molecule has 67 heavy (non-hydrogen) atoms. The van der Waals surface area contributed by atoms with Gasteiger partial charge in [0.15, 0.2) is 6.10 Å². The minimum absolute atomic E-state index is 0.0741. The SMILES string of the molecule is CC/C=C\C/C=C\C/C=C\C/C=C\CCCCCCCCCCCCCCC(=O)OCC(COC(=O)CCCCCCCCC)OC(=O)CCCCCCCCC/C=C\CCCCCCCC. The molecule has 0 amide bonds. The fourth-order valence-corrected chi connectivity index (χ4v) is 8.19. The number of allylic oxidation sites excluding steroid dienone is 10. The maximum Gasteiger partial charge on any atom is 0.306 e. The number of carbonyl (C=O) groups excluding carboxylic acids is 3. The normalized spacial score (nSPS) is 12.5. The Labute approximate surface area is 415 Å². The Morgan fingerprint density at radius 2 is 0.582 bits per heavy atom. The quantitative estimate of drug-likeness (QED) is 0.0262. The number of rotatable bonds is 52. The van der Waals surface area contributed by atoms with Crippen molar-refractivity contribution in [2.24, 2.45) is 0 Å². The van der Waals surface area contributed by atoms with Crippen LogP contribution in [0, 0.1) is 0 Å². The molecule has 0 radical (unpaired) electrons. The Morgan fingerprint density at radius 1 is 0.313 bits per heavy atom. The Kier molecular flexibility index (Phi) is 53.3. The van der Waals surface area contributed by atoms with Crippen molar-refractivity contribution in [2.45, 2.75) is 297 Å². The van der Waals surface area contributed by atoms with Crippen LogP contribution in [0.1, 0.15) is 290 Å². The summed E-state index contributed by atoms with van der Waals surface area (Å²) in [5.74, 6) is -0.877. The van der Waals surface area contributed by atoms with Crippen LogP contribution in [0.4, 0.5) is 0 Å². The standard InChI is InChI=1S/C61H108O6/c1-4-7-10-13-16-18-20-22-24-26-27-28-29-30-31-32-33-35-36-38-40-42-45-48-51-54-60(63)66-57-58(56-65-59(62)53-50-47-44-15-12-9-6-3)67-61(64)55-52-49-46-43-41-39-37-34-25-23-21-19-17-14-11-8-5-2/h7,10,16,18,22-25,27-28,58H,4-6,8-9,11-15,17,19-21,26,29-57H2,1-3H3/b10-7-,18-16-,24-22-,25-23-,28-27-. The summed E-state index contributed by atoms with van der Waals surface area (Å²) in [5, 5.41) is 0. The lowest BCUT2D eigenvalue weighted by Gasteiger charge is -2.18. The van der Waals surface area contributed by atoms with Gasteiger partial charge in [0.25, 0.3) is 0 Å². The molecule has 1 atom stereocenters. The zero-order valence-electron chi connectivity index (χ0n) is 44.4. The second-order valence-corrected chi connectivity index (χ2v) is 19.2. The van der Waals surface area contributed by atoms with Crippen LogP contribution in [0.5, 0.6) is 0 Å². The number of unbranched alkanes of at least 4 members (excludes halogenated alkanes) is 31. The predicted molar refractivity (Wildman–Crippen MR) is 288 cm³/mol. The van der Waals surface area contributed by atoms with Gasteiger partial charge in [0, 0.05) is 19.3 Å². The smallest absolute Gasteiger partial charge is 0.306 e. The Hall–Kier alpha value is -2.89. The van der Waals surface area contributed by atoms with Crippen molar-refractivity contribution < 1.29 is 28.6 Å². The summed E-state index contributed by atoms with van der Waals surface area (Å²) >= 11 is 0. The molecule has 0 saturated carbocycles. The minimum Gasteiger partial charge on any atom is -0.462 e. The lowest BCUT2D eigenvalue weighted by Crippen LogP contribution is -2.30. The molecule has 0 aromatic carbocycles. The van der Waals surface area contributed by atoms with E-state index < -0.39 is 6.10 Å². The summed E-state index contributed by atoms with van der Waals surface area (Å²) in [6.45, 7) is 6.50. The van der Waals surface area contributed by atoms with Crippen LogP contribution in [0.15, 0.2) is 60.8 Å². The molecule has 0 aliphatic heterocycles. The summed E-state index contributed by atoms with van der Waals surface area (Å²) in [5.41, 5.74) is 0. The number of esters is 3. The topological polar surface area (TPSA) is 78.9 Å². The first-order valence-corrected chi connectivity index (χ1v) is 28.8. The molecule has 0 saturated heterocycles. The molecule has 0 N–H and O–H groups in total. The van der Waals surface area contributed by atoms with Gasteiger partial charge in [0.05, 0.1) is 0 Å². The van der Waals surface area contributed by atoms with Crippen LogP contribution in [0.2, 0.25) is 0 Å². The largest absolute Gasteiger partial charge is 0.462 e. The van der Waals surface area contributed by atoms with Crippen LogP contribution >= 0.6 is 0 Å². The minimum atomic E-state index is -0.773. The van der Waals surface area contributed by atoms with E-state index in [2.05, 4.69) is 81.5 Å². The lowest BCUT2D eigenvalue weighted by atomic mass is 10.0. The molecule has 0 fully saturated rings. The number of hydrogen-bond donors (Lipinski definition) is 0. The van der Waals surface area contributed by atoms with Gasteiger partial charge in [0.2, 0.25) is 0 Å². The van der Waals surface area contributed by atoms with Gasteiger partial charge < -0.3 is 14.2 Å². The van der Waals surface area contributed by atoms with Crippen molar-refractivity contribution in [3.8, 4) is 0 Å². The Balaban J connectivity index is 4.15. The Bertz CT molecular complexity index is 1210. The molecule has 0 spiro atoms. The van der Waals surface area contributed by atoms with Crippen LogP contribution in [0.25, 0.3) is 0 Å². The van der Waals surface area contributed by atoms with Crippen LogP contribution in [-0.2, 0) is 28.6 Å². The van der Waals surface area contributed by atoms with E-state index in [-0.39, 0.29) is 31.1 Å². The molecule has 0 aliphatic carbocycles. The third kappa shape index (κ3) is 53.9. The molecule has 0 rings (SSSR count). The van der Waals surface area contributed by atoms with Gasteiger partial charge in [-0.05, 0) is 83.5 Å². The van der Waals surface area contributed by atoms with Gasteiger partial charge in [-0.15, -0.1) is 0 Å². The van der Waals surface area contributed by atoms with Crippen molar-refractivity contribution in [2.75, 3.05) is 13.2 Å². The molecule has 0 aromatic heterocycles. The number of ether oxygens (including phenoxy) is 3. The molecule has 1 unspecified atom stereocenters. The molecule has 0 heterocycles. The van der Waals surface area contributed by atoms with Gasteiger partial charge >= 0.3 is 17.9 Å². The van der Waals surface area contributed by atoms with Crippen LogP contribution < -0.4 is 0 Å². The first kappa shape index (κ1) is 64.1. The lowest BCUT2D eigenvalue weighted by molar-refractivity contribution is -0.167. The van der Waals surface area contributed by atoms with Crippen molar-refractivity contribution in [3.05, 3.63) is 60.8 Å². The van der Waals surface area contributed by atoms with Crippen molar-refractivity contribution in [3.63, 3.8) is 0 Å².